The molecule has 0 bridgehead atoms. The van der Waals surface area contributed by atoms with Gasteiger partial charge in [-0.3, -0.25) is 4.79 Å². The Labute approximate surface area is 129 Å². The Morgan fingerprint density at radius 2 is 2.00 bits per heavy atom. The highest BCUT2D eigenvalue weighted by atomic mass is 32.2. The van der Waals surface area contributed by atoms with Gasteiger partial charge >= 0.3 is 5.97 Å². The second-order valence-electron chi connectivity index (χ2n) is 5.05. The van der Waals surface area contributed by atoms with Crippen LogP contribution in [0.1, 0.15) is 24.8 Å². The van der Waals surface area contributed by atoms with E-state index in [0.29, 0.717) is 17.4 Å². The van der Waals surface area contributed by atoms with Crippen molar-refractivity contribution < 1.29 is 18.3 Å². The van der Waals surface area contributed by atoms with Crippen LogP contribution in [0.5, 0.6) is 0 Å². The van der Waals surface area contributed by atoms with Gasteiger partial charge in [0.15, 0.2) is 0 Å². The molecule has 1 aliphatic rings. The molecule has 116 valence electrons. The fraction of sp³-hybridized carbons (Fsp3) is 0.500. The zero-order valence-electron chi connectivity index (χ0n) is 11.6. The normalized spacial score (nSPS) is 19.3. The van der Waals surface area contributed by atoms with Crippen LogP contribution in [0.25, 0.3) is 0 Å². The molecule has 1 saturated heterocycles. The van der Waals surface area contributed by atoms with Crippen molar-refractivity contribution in [2.24, 2.45) is 0 Å². The molecule has 1 aliphatic heterocycles. The standard InChI is InChI=1S/C14H19NO4S2/c16-14(17)9-11-4-6-13(7-5-11)21(18,19)15-10-12-3-1-2-8-20-12/h4-7,12,15H,1-3,8-10H2,(H,16,17). The minimum Gasteiger partial charge on any atom is -0.481 e. The fourth-order valence-electron chi connectivity index (χ4n) is 2.22. The zero-order chi connectivity index (χ0) is 15.3. The third kappa shape index (κ3) is 5.01. The summed E-state index contributed by atoms with van der Waals surface area (Å²) in [6, 6.07) is 5.99. The van der Waals surface area contributed by atoms with E-state index in [9.17, 15) is 13.2 Å². The number of sulfonamides is 1. The molecule has 1 heterocycles. The van der Waals surface area contributed by atoms with E-state index in [2.05, 4.69) is 4.72 Å². The molecule has 1 unspecified atom stereocenters. The predicted octanol–water partition coefficient (Wildman–Crippen LogP) is 1.88. The lowest BCUT2D eigenvalue weighted by Gasteiger charge is -2.21. The molecule has 0 amide bonds. The average Bonchev–Trinajstić information content (AvgIpc) is 2.46. The van der Waals surface area contributed by atoms with E-state index < -0.39 is 16.0 Å². The number of thioether (sulfide) groups is 1. The van der Waals surface area contributed by atoms with Crippen molar-refractivity contribution in [3.63, 3.8) is 0 Å². The van der Waals surface area contributed by atoms with Gasteiger partial charge in [0, 0.05) is 11.8 Å². The van der Waals surface area contributed by atoms with E-state index in [4.69, 9.17) is 5.11 Å². The van der Waals surface area contributed by atoms with Crippen molar-refractivity contribution in [3.8, 4) is 0 Å². The summed E-state index contributed by atoms with van der Waals surface area (Å²) in [5.74, 6) is 0.161. The Morgan fingerprint density at radius 1 is 1.29 bits per heavy atom. The Balaban J connectivity index is 1.96. The average molecular weight is 329 g/mol. The number of aliphatic carboxylic acids is 1. The number of benzene rings is 1. The lowest BCUT2D eigenvalue weighted by molar-refractivity contribution is -0.136. The van der Waals surface area contributed by atoms with Gasteiger partial charge in [-0.25, -0.2) is 13.1 Å². The smallest absolute Gasteiger partial charge is 0.307 e. The van der Waals surface area contributed by atoms with Gasteiger partial charge in [0.2, 0.25) is 10.0 Å². The number of carboxylic acids is 1. The molecule has 21 heavy (non-hydrogen) atoms. The molecule has 2 rings (SSSR count). The highest BCUT2D eigenvalue weighted by molar-refractivity contribution is 8.00. The van der Waals surface area contributed by atoms with Gasteiger partial charge < -0.3 is 5.11 Å². The zero-order valence-corrected chi connectivity index (χ0v) is 13.3. The van der Waals surface area contributed by atoms with E-state index in [-0.39, 0.29) is 11.3 Å². The summed E-state index contributed by atoms with van der Waals surface area (Å²) >= 11 is 1.82. The molecule has 1 aromatic rings. The number of nitrogens with one attached hydrogen (secondary N) is 1. The predicted molar refractivity (Wildman–Crippen MR) is 83.1 cm³/mol. The van der Waals surface area contributed by atoms with Crippen LogP contribution < -0.4 is 4.72 Å². The van der Waals surface area contributed by atoms with Crippen LogP contribution in [0.3, 0.4) is 0 Å². The summed E-state index contributed by atoms with van der Waals surface area (Å²) in [4.78, 5) is 10.8. The Kier molecular flexibility index (Phi) is 5.66. The molecule has 1 atom stereocenters. The van der Waals surface area contributed by atoms with Crippen LogP contribution >= 0.6 is 11.8 Å². The number of hydrogen-bond acceptors (Lipinski definition) is 4. The molecule has 0 aromatic heterocycles. The lowest BCUT2D eigenvalue weighted by Crippen LogP contribution is -2.32. The van der Waals surface area contributed by atoms with E-state index in [1.54, 1.807) is 0 Å². The third-order valence-corrected chi connectivity index (χ3v) is 6.20. The van der Waals surface area contributed by atoms with E-state index in [1.807, 2.05) is 11.8 Å². The summed E-state index contributed by atoms with van der Waals surface area (Å²) in [5.41, 5.74) is 0.587. The molecule has 0 aliphatic carbocycles. The van der Waals surface area contributed by atoms with Gasteiger partial charge in [-0.2, -0.15) is 11.8 Å². The molecule has 7 heteroatoms. The molecule has 0 spiro atoms. The van der Waals surface area contributed by atoms with E-state index in [0.717, 1.165) is 18.6 Å². The minimum atomic E-state index is -3.52. The molecule has 1 fully saturated rings. The van der Waals surface area contributed by atoms with Crippen molar-refractivity contribution >= 4 is 27.8 Å². The van der Waals surface area contributed by atoms with E-state index in [1.165, 1.54) is 30.7 Å². The first-order chi connectivity index (χ1) is 9.97. The first kappa shape index (κ1) is 16.3. The van der Waals surface area contributed by atoms with Crippen molar-refractivity contribution in [1.29, 1.82) is 0 Å². The summed E-state index contributed by atoms with van der Waals surface area (Å²) in [6.07, 6.45) is 3.31. The maximum atomic E-state index is 12.2. The maximum absolute atomic E-state index is 12.2. The number of carbonyl (C=O) groups is 1. The maximum Gasteiger partial charge on any atom is 0.307 e. The Bertz CT molecular complexity index is 577. The second kappa shape index (κ2) is 7.29. The molecule has 0 saturated carbocycles. The van der Waals surface area contributed by atoms with Gasteiger partial charge in [-0.05, 0) is 36.3 Å². The van der Waals surface area contributed by atoms with Gasteiger partial charge in [-0.15, -0.1) is 0 Å². The summed E-state index contributed by atoms with van der Waals surface area (Å²) in [7, 11) is -3.52. The SMILES string of the molecule is O=C(O)Cc1ccc(S(=O)(=O)NCC2CCCCS2)cc1. The van der Waals surface area contributed by atoms with Gasteiger partial charge in [0.05, 0.1) is 11.3 Å². The Hall–Kier alpha value is -1.05. The molecular formula is C14H19NO4S2. The van der Waals surface area contributed by atoms with Gasteiger partial charge in [-0.1, -0.05) is 18.6 Å². The van der Waals surface area contributed by atoms with Crippen molar-refractivity contribution in [2.75, 3.05) is 12.3 Å². The number of hydrogen-bond donors (Lipinski definition) is 2. The summed E-state index contributed by atoms with van der Waals surface area (Å²) < 4.78 is 27.0. The molecule has 0 radical (unpaired) electrons. The van der Waals surface area contributed by atoms with Gasteiger partial charge in [0.25, 0.3) is 0 Å². The molecule has 5 nitrogen and oxygen atoms in total. The topological polar surface area (TPSA) is 83.5 Å². The molecular weight excluding hydrogens is 310 g/mol. The van der Waals surface area contributed by atoms with Gasteiger partial charge in [0.1, 0.15) is 0 Å². The van der Waals surface area contributed by atoms with Crippen molar-refractivity contribution in [1.82, 2.24) is 4.72 Å². The highest BCUT2D eigenvalue weighted by Gasteiger charge is 2.19. The van der Waals surface area contributed by atoms with E-state index >= 15 is 0 Å². The first-order valence-corrected chi connectivity index (χ1v) is 9.42. The first-order valence-electron chi connectivity index (χ1n) is 6.89. The second-order valence-corrected chi connectivity index (χ2v) is 8.23. The minimum absolute atomic E-state index is 0.105. The molecule has 2 N–H and O–H groups in total. The quantitative estimate of drug-likeness (QED) is 0.832. The monoisotopic (exact) mass is 329 g/mol. The fourth-order valence-corrected chi connectivity index (χ4v) is 4.64. The highest BCUT2D eigenvalue weighted by Crippen LogP contribution is 2.24. The van der Waals surface area contributed by atoms with Crippen LogP contribution in [-0.2, 0) is 21.2 Å². The van der Waals surface area contributed by atoms with Crippen LogP contribution in [0, 0.1) is 0 Å². The lowest BCUT2D eigenvalue weighted by atomic mass is 10.2. The van der Waals surface area contributed by atoms with Crippen molar-refractivity contribution in [2.45, 2.75) is 35.8 Å². The number of carboxylic acid groups (broad SMARTS) is 1. The van der Waals surface area contributed by atoms with Crippen LogP contribution in [0.2, 0.25) is 0 Å². The van der Waals surface area contributed by atoms with Crippen molar-refractivity contribution in [3.05, 3.63) is 29.8 Å². The third-order valence-electron chi connectivity index (χ3n) is 3.36. The van der Waals surface area contributed by atoms with Crippen LogP contribution in [-0.4, -0.2) is 37.0 Å². The summed E-state index contributed by atoms with van der Waals surface area (Å²) in [6.45, 7) is 0.448. The largest absolute Gasteiger partial charge is 0.481 e. The summed E-state index contributed by atoms with van der Waals surface area (Å²) in [5, 5.41) is 9.04. The number of rotatable bonds is 6. The van der Waals surface area contributed by atoms with Crippen LogP contribution in [0.4, 0.5) is 0 Å². The van der Waals surface area contributed by atoms with Crippen LogP contribution in [0.15, 0.2) is 29.2 Å². The molecule has 1 aromatic carbocycles. The Morgan fingerprint density at radius 3 is 2.57 bits per heavy atom.